The highest BCUT2D eigenvalue weighted by Crippen LogP contribution is 2.26. The summed E-state index contributed by atoms with van der Waals surface area (Å²) in [6.45, 7) is 1.99. The van der Waals surface area contributed by atoms with Crippen LogP contribution in [0, 0.1) is 15.9 Å². The van der Waals surface area contributed by atoms with Crippen LogP contribution in [-0.4, -0.2) is 43.2 Å². The summed E-state index contributed by atoms with van der Waals surface area (Å²) in [6.07, 6.45) is -1.25. The number of benzene rings is 2. The van der Waals surface area contributed by atoms with E-state index in [-0.39, 0.29) is 22.6 Å². The van der Waals surface area contributed by atoms with Crippen molar-refractivity contribution in [1.82, 2.24) is 0 Å². The third-order valence-corrected chi connectivity index (χ3v) is 3.84. The number of anilines is 2. The van der Waals surface area contributed by atoms with Crippen LogP contribution < -0.4 is 10.6 Å². The number of nitro benzene ring substituents is 1. The maximum Gasteiger partial charge on any atom is 0.339 e. The van der Waals surface area contributed by atoms with Crippen LogP contribution in [0.3, 0.4) is 0 Å². The van der Waals surface area contributed by atoms with Crippen LogP contribution >= 0.6 is 0 Å². The molecule has 0 saturated heterocycles. The Morgan fingerprint density at radius 2 is 1.93 bits per heavy atom. The average molecular weight is 405 g/mol. The number of para-hydroxylation sites is 1. The van der Waals surface area contributed by atoms with Gasteiger partial charge in [0.25, 0.3) is 11.6 Å². The molecule has 0 heterocycles. The van der Waals surface area contributed by atoms with E-state index in [4.69, 9.17) is 9.47 Å². The smallest absolute Gasteiger partial charge is 0.339 e. The van der Waals surface area contributed by atoms with Crippen molar-refractivity contribution in [3.63, 3.8) is 0 Å². The van der Waals surface area contributed by atoms with E-state index in [1.54, 1.807) is 0 Å². The molecule has 10 heteroatoms. The number of methoxy groups -OCH3 is 1. The zero-order chi connectivity index (χ0) is 21.4. The number of hydrogen-bond acceptors (Lipinski definition) is 7. The fraction of sp³-hybridized carbons (Fsp3) is 0.263. The molecule has 0 radical (unpaired) electrons. The maximum atomic E-state index is 13.6. The largest absolute Gasteiger partial charge is 0.449 e. The highest BCUT2D eigenvalue weighted by molar-refractivity contribution is 5.97. The quantitative estimate of drug-likeness (QED) is 0.285. The van der Waals surface area contributed by atoms with Crippen molar-refractivity contribution in [3.05, 3.63) is 64.0 Å². The molecular formula is C19H20FN3O6. The Morgan fingerprint density at radius 1 is 1.21 bits per heavy atom. The van der Waals surface area contributed by atoms with Crippen LogP contribution in [0.5, 0.6) is 0 Å². The van der Waals surface area contributed by atoms with Crippen LogP contribution in [0.1, 0.15) is 17.3 Å². The van der Waals surface area contributed by atoms with E-state index in [1.165, 1.54) is 50.4 Å². The van der Waals surface area contributed by atoms with Gasteiger partial charge in [-0.05, 0) is 31.2 Å². The summed E-state index contributed by atoms with van der Waals surface area (Å²) in [7, 11) is 1.50. The maximum absolute atomic E-state index is 13.6. The van der Waals surface area contributed by atoms with Gasteiger partial charge in [0, 0.05) is 19.7 Å². The van der Waals surface area contributed by atoms with Gasteiger partial charge >= 0.3 is 5.97 Å². The number of nitro groups is 1. The molecule has 154 valence electrons. The molecule has 0 spiro atoms. The topological polar surface area (TPSA) is 120 Å². The van der Waals surface area contributed by atoms with E-state index < -0.39 is 28.7 Å². The zero-order valence-electron chi connectivity index (χ0n) is 15.8. The summed E-state index contributed by atoms with van der Waals surface area (Å²) in [6, 6.07) is 9.30. The molecular weight excluding hydrogens is 385 g/mol. The van der Waals surface area contributed by atoms with Gasteiger partial charge in [0.2, 0.25) is 0 Å². The Labute approximate surface area is 166 Å². The van der Waals surface area contributed by atoms with Gasteiger partial charge in [-0.3, -0.25) is 14.9 Å². The number of esters is 1. The van der Waals surface area contributed by atoms with Gasteiger partial charge in [0.15, 0.2) is 6.10 Å². The molecule has 9 nitrogen and oxygen atoms in total. The molecule has 2 rings (SSSR count). The molecule has 0 aliphatic carbocycles. The molecule has 0 aliphatic rings. The van der Waals surface area contributed by atoms with E-state index in [0.717, 1.165) is 6.07 Å². The van der Waals surface area contributed by atoms with Crippen molar-refractivity contribution in [1.29, 1.82) is 0 Å². The highest BCUT2D eigenvalue weighted by Gasteiger charge is 2.23. The average Bonchev–Trinajstić information content (AvgIpc) is 2.69. The van der Waals surface area contributed by atoms with Gasteiger partial charge in [-0.15, -0.1) is 0 Å². The van der Waals surface area contributed by atoms with E-state index in [2.05, 4.69) is 10.6 Å². The Bertz CT molecular complexity index is 905. The summed E-state index contributed by atoms with van der Waals surface area (Å²) in [4.78, 5) is 35.0. The fourth-order valence-corrected chi connectivity index (χ4v) is 2.33. The monoisotopic (exact) mass is 405 g/mol. The van der Waals surface area contributed by atoms with Crippen molar-refractivity contribution < 1.29 is 28.4 Å². The number of hydrogen-bond donors (Lipinski definition) is 2. The predicted molar refractivity (Wildman–Crippen MR) is 103 cm³/mol. The number of halogens is 1. The van der Waals surface area contributed by atoms with Crippen molar-refractivity contribution in [2.24, 2.45) is 0 Å². The summed E-state index contributed by atoms with van der Waals surface area (Å²) >= 11 is 0. The minimum atomic E-state index is -1.25. The molecule has 29 heavy (non-hydrogen) atoms. The molecule has 0 fully saturated rings. The van der Waals surface area contributed by atoms with E-state index >= 15 is 0 Å². The second-order valence-electron chi connectivity index (χ2n) is 5.93. The lowest BCUT2D eigenvalue weighted by Gasteiger charge is -2.14. The van der Waals surface area contributed by atoms with Gasteiger partial charge < -0.3 is 20.1 Å². The first-order valence-electron chi connectivity index (χ1n) is 8.61. The molecule has 0 aromatic heterocycles. The third-order valence-electron chi connectivity index (χ3n) is 3.84. The minimum Gasteiger partial charge on any atom is -0.449 e. The summed E-state index contributed by atoms with van der Waals surface area (Å²) in [5, 5.41) is 16.4. The Balaban J connectivity index is 2.07. The summed E-state index contributed by atoms with van der Waals surface area (Å²) in [5.41, 5.74) is -0.255. The Kier molecular flexibility index (Phi) is 7.61. The lowest BCUT2D eigenvalue weighted by atomic mass is 10.1. The molecule has 2 N–H and O–H groups in total. The lowest BCUT2D eigenvalue weighted by Crippen LogP contribution is -2.30. The second-order valence-corrected chi connectivity index (χ2v) is 5.93. The van der Waals surface area contributed by atoms with E-state index in [1.807, 2.05) is 0 Å². The molecule has 1 atom stereocenters. The van der Waals surface area contributed by atoms with Gasteiger partial charge in [-0.1, -0.05) is 12.1 Å². The number of amides is 1. The van der Waals surface area contributed by atoms with Gasteiger partial charge in [0.1, 0.15) is 11.5 Å². The number of carbonyl (C=O) groups excluding carboxylic acids is 2. The predicted octanol–water partition coefficient (Wildman–Crippen LogP) is 2.98. The van der Waals surface area contributed by atoms with E-state index in [0.29, 0.717) is 13.2 Å². The number of ether oxygens (including phenoxy) is 2. The number of rotatable bonds is 9. The van der Waals surface area contributed by atoms with Gasteiger partial charge in [-0.2, -0.15) is 0 Å². The van der Waals surface area contributed by atoms with Crippen LogP contribution in [0.2, 0.25) is 0 Å². The number of nitrogens with zero attached hydrogens (tertiary/aromatic N) is 1. The summed E-state index contributed by atoms with van der Waals surface area (Å²) in [5.74, 6) is -2.30. The fourth-order valence-electron chi connectivity index (χ4n) is 2.33. The molecule has 0 saturated carbocycles. The number of carbonyl (C=O) groups is 2. The Morgan fingerprint density at radius 3 is 2.59 bits per heavy atom. The number of nitrogens with one attached hydrogen (secondary N) is 2. The first kappa shape index (κ1) is 21.8. The molecule has 0 bridgehead atoms. The van der Waals surface area contributed by atoms with E-state index in [9.17, 15) is 24.1 Å². The summed E-state index contributed by atoms with van der Waals surface area (Å²) < 4.78 is 23.5. The highest BCUT2D eigenvalue weighted by atomic mass is 19.1. The van der Waals surface area contributed by atoms with Crippen LogP contribution in [0.15, 0.2) is 42.5 Å². The molecule has 1 amide bonds. The molecule has 2 aromatic rings. The zero-order valence-corrected chi connectivity index (χ0v) is 15.8. The SMILES string of the molecule is COCCNc1ccc(C(=O)O[C@H](C)C(=O)Nc2ccccc2F)cc1[N+](=O)[O-]. The van der Waals surface area contributed by atoms with Crippen molar-refractivity contribution in [2.45, 2.75) is 13.0 Å². The lowest BCUT2D eigenvalue weighted by molar-refractivity contribution is -0.384. The standard InChI is InChI=1S/C19H20FN3O6/c1-12(18(24)22-15-6-4-3-5-14(15)20)29-19(25)13-7-8-16(21-9-10-28-2)17(11-13)23(26)27/h3-8,11-12,21H,9-10H2,1-2H3,(H,22,24)/t12-/m1/s1. The Hall–Kier alpha value is -3.53. The van der Waals surface area contributed by atoms with Crippen molar-refractivity contribution in [2.75, 3.05) is 30.9 Å². The molecule has 0 unspecified atom stereocenters. The molecule has 2 aromatic carbocycles. The first-order valence-corrected chi connectivity index (χ1v) is 8.61. The van der Waals surface area contributed by atoms with Gasteiger partial charge in [-0.25, -0.2) is 9.18 Å². The van der Waals surface area contributed by atoms with Crippen LogP contribution in [0.25, 0.3) is 0 Å². The normalized spacial score (nSPS) is 11.4. The first-order chi connectivity index (χ1) is 13.8. The van der Waals surface area contributed by atoms with Crippen LogP contribution in [-0.2, 0) is 14.3 Å². The third kappa shape index (κ3) is 5.98. The van der Waals surface area contributed by atoms with Crippen molar-refractivity contribution in [3.8, 4) is 0 Å². The molecule has 0 aliphatic heterocycles. The second kappa shape index (κ2) is 10.1. The van der Waals surface area contributed by atoms with Crippen molar-refractivity contribution >= 4 is 28.9 Å². The van der Waals surface area contributed by atoms with Crippen LogP contribution in [0.4, 0.5) is 21.5 Å². The van der Waals surface area contributed by atoms with Gasteiger partial charge in [0.05, 0.1) is 22.8 Å². The minimum absolute atomic E-state index is 0.0532.